The Balaban J connectivity index is 1.18. The van der Waals surface area contributed by atoms with Crippen molar-refractivity contribution in [3.05, 3.63) is 228 Å². The fourth-order valence-electron chi connectivity index (χ4n) is 8.89. The average Bonchev–Trinajstić information content (AvgIpc) is 3.31. The van der Waals surface area contributed by atoms with Gasteiger partial charge in [0.25, 0.3) is 0 Å². The Labute approximate surface area is 335 Å². The van der Waals surface area contributed by atoms with Gasteiger partial charge in [-0.2, -0.15) is 0 Å². The number of benzene rings is 9. The monoisotopic (exact) mass is 740 g/mol. The second-order valence-electron chi connectivity index (χ2n) is 14.6. The molecule has 2 heterocycles. The van der Waals surface area contributed by atoms with Crippen molar-refractivity contribution in [3.63, 3.8) is 0 Å². The molecule has 0 fully saturated rings. The van der Waals surface area contributed by atoms with E-state index in [0.29, 0.717) is 28.9 Å². The lowest BCUT2D eigenvalue weighted by molar-refractivity contribution is 0.436. The van der Waals surface area contributed by atoms with Crippen LogP contribution in [0.3, 0.4) is 0 Å². The van der Waals surface area contributed by atoms with Crippen LogP contribution in [-0.4, -0.2) is 15.0 Å². The molecule has 0 amide bonds. The predicted molar refractivity (Wildman–Crippen MR) is 233 cm³/mol. The lowest BCUT2D eigenvalue weighted by Gasteiger charge is -2.42. The molecule has 0 N–H and O–H groups in total. The summed E-state index contributed by atoms with van der Waals surface area (Å²) < 4.78 is 7.00. The highest BCUT2D eigenvalue weighted by molar-refractivity contribution is 6.25. The van der Waals surface area contributed by atoms with E-state index < -0.39 is 5.41 Å². The first-order valence-electron chi connectivity index (χ1n) is 19.3. The number of ether oxygens (including phenoxy) is 1. The summed E-state index contributed by atoms with van der Waals surface area (Å²) >= 11 is 0. The zero-order valence-electron chi connectivity index (χ0n) is 31.2. The predicted octanol–water partition coefficient (Wildman–Crippen LogP) is 13.4. The molecule has 0 saturated heterocycles. The van der Waals surface area contributed by atoms with Gasteiger partial charge < -0.3 is 4.74 Å². The number of aromatic nitrogens is 3. The third-order valence-corrected chi connectivity index (χ3v) is 11.5. The van der Waals surface area contributed by atoms with E-state index in [-0.39, 0.29) is 0 Å². The van der Waals surface area contributed by atoms with Gasteiger partial charge in [-0.3, -0.25) is 0 Å². The molecule has 10 aromatic rings. The molecular weight excluding hydrogens is 709 g/mol. The summed E-state index contributed by atoms with van der Waals surface area (Å²) in [5.41, 5.74) is 6.57. The molecule has 0 saturated carbocycles. The number of para-hydroxylation sites is 2. The second-order valence-corrected chi connectivity index (χ2v) is 14.6. The van der Waals surface area contributed by atoms with Gasteiger partial charge >= 0.3 is 0 Å². The molecule has 5 heteroatoms. The normalized spacial score (nSPS) is 12.7. The van der Waals surface area contributed by atoms with Crippen molar-refractivity contribution in [1.82, 2.24) is 15.0 Å². The molecule has 0 aliphatic carbocycles. The third kappa shape index (κ3) is 5.13. The molecule has 9 aromatic carbocycles. The van der Waals surface area contributed by atoms with Crippen LogP contribution >= 0.6 is 0 Å². The Morgan fingerprint density at radius 3 is 1.55 bits per heavy atom. The number of hydrogen-bond donors (Lipinski definition) is 0. The van der Waals surface area contributed by atoms with Crippen molar-refractivity contribution in [2.75, 3.05) is 0 Å². The summed E-state index contributed by atoms with van der Waals surface area (Å²) in [4.78, 5) is 19.2. The van der Waals surface area contributed by atoms with Crippen molar-refractivity contribution in [2.45, 2.75) is 5.41 Å². The van der Waals surface area contributed by atoms with Crippen LogP contribution in [0.5, 0.6) is 11.5 Å². The average molecular weight is 741 g/mol. The molecular formula is C53H32N4O. The smallest absolute Gasteiger partial charge is 0.187 e. The third-order valence-electron chi connectivity index (χ3n) is 11.5. The van der Waals surface area contributed by atoms with Crippen LogP contribution < -0.4 is 4.74 Å². The Morgan fingerprint density at radius 1 is 0.414 bits per heavy atom. The molecule has 0 spiro atoms. The van der Waals surface area contributed by atoms with E-state index >= 15 is 0 Å². The van der Waals surface area contributed by atoms with Gasteiger partial charge in [0.05, 0.1) is 17.6 Å². The minimum absolute atomic E-state index is 0.490. The molecule has 270 valence electrons. The van der Waals surface area contributed by atoms with Crippen LogP contribution in [0.25, 0.3) is 71.3 Å². The van der Waals surface area contributed by atoms with Gasteiger partial charge in [0.1, 0.15) is 11.5 Å². The van der Waals surface area contributed by atoms with Gasteiger partial charge in [0.15, 0.2) is 23.2 Å². The Bertz CT molecular complexity index is 3190. The zero-order valence-corrected chi connectivity index (χ0v) is 31.2. The molecule has 0 unspecified atom stereocenters. The van der Waals surface area contributed by atoms with E-state index in [1.165, 1.54) is 26.9 Å². The lowest BCUT2D eigenvalue weighted by atomic mass is 9.63. The quantitative estimate of drug-likeness (QED) is 0.130. The molecule has 11 rings (SSSR count). The minimum atomic E-state index is -0.695. The highest BCUT2D eigenvalue weighted by atomic mass is 16.5. The first-order valence-corrected chi connectivity index (χ1v) is 19.3. The van der Waals surface area contributed by atoms with Crippen LogP contribution in [0, 0.1) is 6.57 Å². The first kappa shape index (κ1) is 33.4. The summed E-state index contributed by atoms with van der Waals surface area (Å²) in [5.74, 6) is 3.00. The highest BCUT2D eigenvalue weighted by Crippen LogP contribution is 2.57. The second kappa shape index (κ2) is 13.4. The van der Waals surface area contributed by atoms with Crippen molar-refractivity contribution in [2.24, 2.45) is 0 Å². The maximum atomic E-state index is 7.55. The molecule has 58 heavy (non-hydrogen) atoms. The summed E-state index contributed by atoms with van der Waals surface area (Å²) in [7, 11) is 0. The summed E-state index contributed by atoms with van der Waals surface area (Å²) in [6, 6.07) is 67.0. The lowest BCUT2D eigenvalue weighted by Crippen LogP contribution is -2.34. The molecule has 5 nitrogen and oxygen atoms in total. The highest BCUT2D eigenvalue weighted by Gasteiger charge is 2.46. The molecule has 0 radical (unpaired) electrons. The molecule has 1 aliphatic rings. The summed E-state index contributed by atoms with van der Waals surface area (Å²) in [5, 5.41) is 7.10. The topological polar surface area (TPSA) is 52.3 Å². The fraction of sp³-hybridized carbons (Fsp3) is 0.0189. The minimum Gasteiger partial charge on any atom is -0.456 e. The zero-order chi connectivity index (χ0) is 38.6. The summed E-state index contributed by atoms with van der Waals surface area (Å²) in [6.07, 6.45) is 0. The number of rotatable bonds is 5. The molecule has 1 aliphatic heterocycles. The summed E-state index contributed by atoms with van der Waals surface area (Å²) in [6.45, 7) is 7.55. The van der Waals surface area contributed by atoms with Crippen LogP contribution in [0.1, 0.15) is 22.3 Å². The largest absolute Gasteiger partial charge is 0.456 e. The Hall–Kier alpha value is -7.94. The van der Waals surface area contributed by atoms with E-state index in [0.717, 1.165) is 50.1 Å². The van der Waals surface area contributed by atoms with Crippen LogP contribution in [-0.2, 0) is 5.41 Å². The Kier molecular flexibility index (Phi) is 7.70. The van der Waals surface area contributed by atoms with Crippen molar-refractivity contribution in [3.8, 4) is 45.7 Å². The van der Waals surface area contributed by atoms with Crippen LogP contribution in [0.4, 0.5) is 5.69 Å². The maximum Gasteiger partial charge on any atom is 0.187 e. The molecule has 1 aromatic heterocycles. The van der Waals surface area contributed by atoms with E-state index in [1.807, 2.05) is 30.3 Å². The van der Waals surface area contributed by atoms with Gasteiger partial charge in [-0.15, -0.1) is 0 Å². The van der Waals surface area contributed by atoms with Crippen LogP contribution in [0.2, 0.25) is 0 Å². The van der Waals surface area contributed by atoms with Gasteiger partial charge in [0.2, 0.25) is 0 Å². The maximum absolute atomic E-state index is 7.55. The fourth-order valence-corrected chi connectivity index (χ4v) is 8.89. The van der Waals surface area contributed by atoms with E-state index in [4.69, 9.17) is 26.3 Å². The van der Waals surface area contributed by atoms with Gasteiger partial charge in [-0.25, -0.2) is 19.8 Å². The van der Waals surface area contributed by atoms with E-state index in [2.05, 4.69) is 157 Å². The number of hydrogen-bond acceptors (Lipinski definition) is 4. The first-order chi connectivity index (χ1) is 28.7. The van der Waals surface area contributed by atoms with Crippen molar-refractivity contribution < 1.29 is 4.74 Å². The SMILES string of the molecule is [C-]#[N+]c1ccc(-c2nc(-c3ccc4c5ccccc5c5ccccc5c4c3)nc(-c3cccc4c3Oc3ccccc3C4(c3ccccc3)c3ccccc3)n2)cc1. The van der Waals surface area contributed by atoms with Gasteiger partial charge in [0, 0.05) is 22.3 Å². The van der Waals surface area contributed by atoms with E-state index in [1.54, 1.807) is 12.1 Å². The number of nitrogens with zero attached hydrogens (tertiary/aromatic N) is 4. The van der Waals surface area contributed by atoms with E-state index in [9.17, 15) is 0 Å². The number of fused-ring (bicyclic) bond motifs is 8. The van der Waals surface area contributed by atoms with Crippen molar-refractivity contribution in [1.29, 1.82) is 0 Å². The van der Waals surface area contributed by atoms with Gasteiger partial charge in [-0.05, 0) is 61.6 Å². The molecule has 0 bridgehead atoms. The standard InChI is InChI=1S/C53H32N4O/c1-54-38-30-27-34(28-31-38)50-55-51(35-29-32-43-41-21-9-8-19-39(41)40-20-10-11-22-42(40)45(43)33-35)57-52(56-50)44-23-14-25-47-49(44)58-48-26-13-12-24-46(48)53(47,36-15-4-2-5-16-36)37-17-6-3-7-18-37/h2-33H. The Morgan fingerprint density at radius 2 is 0.914 bits per heavy atom. The van der Waals surface area contributed by atoms with Gasteiger partial charge in [-0.1, -0.05) is 176 Å². The molecule has 0 atom stereocenters. The van der Waals surface area contributed by atoms with Crippen LogP contribution in [0.15, 0.2) is 194 Å². The van der Waals surface area contributed by atoms with Crippen molar-refractivity contribution >= 4 is 38.0 Å².